The van der Waals surface area contributed by atoms with Crippen molar-refractivity contribution >= 4 is 41.0 Å². The number of hydrogen-bond acceptors (Lipinski definition) is 4. The van der Waals surface area contributed by atoms with E-state index in [2.05, 4.69) is 10.3 Å². The van der Waals surface area contributed by atoms with Gasteiger partial charge in [-0.1, -0.05) is 41.4 Å². The molecule has 142 valence electrons. The Kier molecular flexibility index (Phi) is 7.18. The molecule has 7 nitrogen and oxygen atoms in total. The van der Waals surface area contributed by atoms with Crippen LogP contribution in [0.4, 0.5) is 0 Å². The molecule has 0 saturated heterocycles. The largest absolute Gasteiger partial charge is 0.480 e. The number of nitrogens with one attached hydrogen (secondary N) is 1. The average Bonchev–Trinajstić information content (AvgIpc) is 2.61. The molecule has 27 heavy (non-hydrogen) atoms. The number of aliphatic carboxylic acids is 1. The van der Waals surface area contributed by atoms with Crippen LogP contribution in [0.1, 0.15) is 21.5 Å². The van der Waals surface area contributed by atoms with E-state index in [0.29, 0.717) is 21.2 Å². The number of rotatable bonds is 6. The van der Waals surface area contributed by atoms with Gasteiger partial charge < -0.3 is 16.6 Å². The van der Waals surface area contributed by atoms with Crippen molar-refractivity contribution in [1.82, 2.24) is 5.32 Å². The fraction of sp³-hybridized carbons (Fsp3) is 0.167. The molecular formula is C18H18Cl2N4O3. The fourth-order valence-corrected chi connectivity index (χ4v) is 2.65. The van der Waals surface area contributed by atoms with Gasteiger partial charge in [0.1, 0.15) is 6.04 Å². The van der Waals surface area contributed by atoms with Crippen LogP contribution < -0.4 is 16.8 Å². The maximum Gasteiger partial charge on any atom is 0.320 e. The second-order valence-electron chi connectivity index (χ2n) is 5.74. The minimum atomic E-state index is -1.08. The molecule has 0 unspecified atom stereocenters. The van der Waals surface area contributed by atoms with Crippen LogP contribution in [-0.2, 0) is 17.8 Å². The lowest BCUT2D eigenvalue weighted by atomic mass is 10.0. The van der Waals surface area contributed by atoms with Crippen molar-refractivity contribution in [3.8, 4) is 0 Å². The zero-order valence-electron chi connectivity index (χ0n) is 14.2. The van der Waals surface area contributed by atoms with Gasteiger partial charge in [-0.2, -0.15) is 0 Å². The second kappa shape index (κ2) is 9.36. The number of carboxylic acids is 1. The highest BCUT2D eigenvalue weighted by molar-refractivity contribution is 6.35. The van der Waals surface area contributed by atoms with Gasteiger partial charge in [0, 0.05) is 15.6 Å². The number of amides is 1. The molecule has 1 atom stereocenters. The predicted molar refractivity (Wildman–Crippen MR) is 105 cm³/mol. The highest BCUT2D eigenvalue weighted by atomic mass is 35.5. The number of nitrogens with zero attached hydrogens (tertiary/aromatic N) is 1. The third-order valence-electron chi connectivity index (χ3n) is 3.67. The Morgan fingerprint density at radius 3 is 2.41 bits per heavy atom. The van der Waals surface area contributed by atoms with Gasteiger partial charge in [0.15, 0.2) is 5.96 Å². The summed E-state index contributed by atoms with van der Waals surface area (Å²) in [4.78, 5) is 27.0. The Bertz CT molecular complexity index is 869. The maximum atomic E-state index is 12.2. The number of guanidine groups is 1. The third kappa shape index (κ3) is 6.25. The van der Waals surface area contributed by atoms with Gasteiger partial charge >= 0.3 is 5.97 Å². The molecule has 0 aliphatic rings. The molecule has 0 bridgehead atoms. The van der Waals surface area contributed by atoms with Crippen LogP contribution >= 0.6 is 23.2 Å². The van der Waals surface area contributed by atoms with Gasteiger partial charge in [-0.15, -0.1) is 0 Å². The van der Waals surface area contributed by atoms with Crippen molar-refractivity contribution in [1.29, 1.82) is 0 Å². The van der Waals surface area contributed by atoms with E-state index < -0.39 is 17.9 Å². The summed E-state index contributed by atoms with van der Waals surface area (Å²) in [7, 11) is 0. The van der Waals surface area contributed by atoms with Crippen LogP contribution in [0, 0.1) is 0 Å². The molecule has 2 aromatic rings. The van der Waals surface area contributed by atoms with E-state index in [-0.39, 0.29) is 18.9 Å². The van der Waals surface area contributed by atoms with E-state index in [4.69, 9.17) is 39.8 Å². The van der Waals surface area contributed by atoms with E-state index >= 15 is 0 Å². The lowest BCUT2D eigenvalue weighted by Gasteiger charge is -2.08. The highest BCUT2D eigenvalue weighted by Crippen LogP contribution is 2.21. The molecule has 0 saturated carbocycles. The van der Waals surface area contributed by atoms with Gasteiger partial charge in [-0.3, -0.25) is 14.9 Å². The van der Waals surface area contributed by atoms with Crippen molar-refractivity contribution in [3.63, 3.8) is 0 Å². The lowest BCUT2D eigenvalue weighted by molar-refractivity contribution is -0.138. The Morgan fingerprint density at radius 2 is 1.81 bits per heavy atom. The monoisotopic (exact) mass is 408 g/mol. The molecule has 0 spiro atoms. The minimum Gasteiger partial charge on any atom is -0.480 e. The van der Waals surface area contributed by atoms with Crippen molar-refractivity contribution < 1.29 is 14.7 Å². The van der Waals surface area contributed by atoms with Crippen molar-refractivity contribution in [3.05, 3.63) is 69.2 Å². The Balaban J connectivity index is 1.96. The SMILES string of the molecule is NC(=NCc1ccc(Cl)cc1Cl)NC(=O)c1ccc(C[C@H](N)C(=O)O)cc1. The summed E-state index contributed by atoms with van der Waals surface area (Å²) in [6.45, 7) is 0.189. The first kappa shape index (κ1) is 20.7. The standard InChI is InChI=1S/C18H18Cl2N4O3/c19-13-6-5-12(14(20)8-13)9-23-18(22)24-16(25)11-3-1-10(2-4-11)7-15(21)17(26)27/h1-6,8,15H,7,9,21H2,(H,26,27)(H3,22,23,24,25)/t15-/m0/s1. The molecule has 9 heteroatoms. The topological polar surface area (TPSA) is 131 Å². The predicted octanol–water partition coefficient (Wildman–Crippen LogP) is 2.19. The normalized spacial score (nSPS) is 12.5. The summed E-state index contributed by atoms with van der Waals surface area (Å²) < 4.78 is 0. The molecule has 2 aromatic carbocycles. The number of hydrogen-bond donors (Lipinski definition) is 4. The number of carbonyl (C=O) groups is 2. The van der Waals surface area contributed by atoms with Crippen molar-refractivity contribution in [2.45, 2.75) is 19.0 Å². The molecule has 1 amide bonds. The maximum absolute atomic E-state index is 12.2. The van der Waals surface area contributed by atoms with E-state index in [1.54, 1.807) is 42.5 Å². The highest BCUT2D eigenvalue weighted by Gasteiger charge is 2.13. The second-order valence-corrected chi connectivity index (χ2v) is 6.58. The minimum absolute atomic E-state index is 0.0528. The van der Waals surface area contributed by atoms with E-state index in [1.807, 2.05) is 0 Å². The molecule has 0 heterocycles. The lowest BCUT2D eigenvalue weighted by Crippen LogP contribution is -2.36. The Labute approximate surface area is 166 Å². The molecule has 2 rings (SSSR count). The van der Waals surface area contributed by atoms with Gasteiger partial charge in [0.2, 0.25) is 0 Å². The number of benzene rings is 2. The summed E-state index contributed by atoms with van der Waals surface area (Å²) in [6, 6.07) is 10.4. The zero-order valence-corrected chi connectivity index (χ0v) is 15.7. The van der Waals surface area contributed by atoms with Crippen molar-refractivity contribution in [2.75, 3.05) is 0 Å². The van der Waals surface area contributed by atoms with E-state index in [0.717, 1.165) is 5.56 Å². The molecule has 6 N–H and O–H groups in total. The quantitative estimate of drug-likeness (QED) is 0.429. The first-order valence-electron chi connectivity index (χ1n) is 7.89. The summed E-state index contributed by atoms with van der Waals surface area (Å²) in [6.07, 6.45) is 0.169. The number of aliphatic imine (C=N–C) groups is 1. The van der Waals surface area contributed by atoms with Crippen molar-refractivity contribution in [2.24, 2.45) is 16.5 Å². The van der Waals surface area contributed by atoms with Crippen LogP contribution in [0.3, 0.4) is 0 Å². The van der Waals surface area contributed by atoms with Crippen LogP contribution in [-0.4, -0.2) is 29.0 Å². The number of carbonyl (C=O) groups excluding carboxylic acids is 1. The molecule has 0 radical (unpaired) electrons. The summed E-state index contributed by atoms with van der Waals surface area (Å²) >= 11 is 11.9. The Morgan fingerprint density at radius 1 is 1.15 bits per heavy atom. The Hall–Kier alpha value is -2.61. The van der Waals surface area contributed by atoms with E-state index in [1.165, 1.54) is 0 Å². The zero-order chi connectivity index (χ0) is 20.0. The van der Waals surface area contributed by atoms with Crippen LogP contribution in [0.25, 0.3) is 0 Å². The van der Waals surface area contributed by atoms with Gasteiger partial charge in [-0.25, -0.2) is 4.99 Å². The third-order valence-corrected chi connectivity index (χ3v) is 4.25. The van der Waals surface area contributed by atoms with Gasteiger partial charge in [-0.05, 0) is 41.8 Å². The molecule has 0 aromatic heterocycles. The average molecular weight is 409 g/mol. The summed E-state index contributed by atoms with van der Waals surface area (Å²) in [5.74, 6) is -1.57. The van der Waals surface area contributed by atoms with Gasteiger partial charge in [0.05, 0.1) is 6.54 Å². The molecule has 0 aliphatic heterocycles. The first-order chi connectivity index (χ1) is 12.8. The number of halogens is 2. The molecule has 0 aliphatic carbocycles. The smallest absolute Gasteiger partial charge is 0.320 e. The summed E-state index contributed by atoms with van der Waals surface area (Å²) in [5, 5.41) is 12.3. The summed E-state index contributed by atoms with van der Waals surface area (Å²) in [5.41, 5.74) is 13.0. The molecular weight excluding hydrogens is 391 g/mol. The fourth-order valence-electron chi connectivity index (χ4n) is 2.18. The van der Waals surface area contributed by atoms with Gasteiger partial charge in [0.25, 0.3) is 5.91 Å². The van der Waals surface area contributed by atoms with Crippen LogP contribution in [0.2, 0.25) is 10.0 Å². The van der Waals surface area contributed by atoms with E-state index in [9.17, 15) is 9.59 Å². The number of nitrogens with two attached hydrogens (primary N) is 2. The number of carboxylic acid groups (broad SMARTS) is 1. The molecule has 0 fully saturated rings. The van der Waals surface area contributed by atoms with Crippen LogP contribution in [0.15, 0.2) is 47.5 Å². The van der Waals surface area contributed by atoms with Crippen LogP contribution in [0.5, 0.6) is 0 Å². The first-order valence-corrected chi connectivity index (χ1v) is 8.64.